The van der Waals surface area contributed by atoms with Crippen LogP contribution in [-0.4, -0.2) is 23.7 Å². The van der Waals surface area contributed by atoms with Gasteiger partial charge in [-0.2, -0.15) is 11.8 Å². The van der Waals surface area contributed by atoms with E-state index in [4.69, 9.17) is 4.74 Å². The van der Waals surface area contributed by atoms with Crippen molar-refractivity contribution in [3.63, 3.8) is 0 Å². The number of ether oxygens (including phenoxy) is 1. The predicted octanol–water partition coefficient (Wildman–Crippen LogP) is 2.86. The minimum Gasteiger partial charge on any atom is -0.377 e. The summed E-state index contributed by atoms with van der Waals surface area (Å²) in [6, 6.07) is 0. The average molecular weight is 198 g/mol. The number of hydrogen-bond donors (Lipinski definition) is 0. The average Bonchev–Trinajstić information content (AvgIpc) is 2.99. The molecule has 1 atom stereocenters. The van der Waals surface area contributed by atoms with E-state index in [2.05, 4.69) is 12.7 Å². The van der Waals surface area contributed by atoms with Crippen molar-refractivity contribution >= 4 is 11.8 Å². The van der Waals surface area contributed by atoms with Gasteiger partial charge in [0.25, 0.3) is 0 Å². The van der Waals surface area contributed by atoms with Gasteiger partial charge in [0.2, 0.25) is 0 Å². The van der Waals surface area contributed by atoms with Gasteiger partial charge in [-0.15, -0.1) is 6.58 Å². The SMILES string of the molecule is C=CC1CCC(OCC2CS2)CC1. The molecule has 0 spiro atoms. The molecule has 1 aliphatic carbocycles. The van der Waals surface area contributed by atoms with Gasteiger partial charge in [0, 0.05) is 11.0 Å². The van der Waals surface area contributed by atoms with Crippen molar-refractivity contribution in [1.82, 2.24) is 0 Å². The van der Waals surface area contributed by atoms with Crippen molar-refractivity contribution in [2.24, 2.45) is 5.92 Å². The van der Waals surface area contributed by atoms with E-state index in [0.29, 0.717) is 6.10 Å². The highest BCUT2D eigenvalue weighted by Gasteiger charge is 2.25. The molecule has 13 heavy (non-hydrogen) atoms. The molecule has 1 aliphatic heterocycles. The fraction of sp³-hybridized carbons (Fsp3) is 0.818. The Bertz CT molecular complexity index is 169. The van der Waals surface area contributed by atoms with E-state index in [0.717, 1.165) is 17.8 Å². The van der Waals surface area contributed by atoms with E-state index < -0.39 is 0 Å². The molecule has 0 N–H and O–H groups in total. The van der Waals surface area contributed by atoms with Crippen LogP contribution < -0.4 is 0 Å². The van der Waals surface area contributed by atoms with Crippen LogP contribution in [0.1, 0.15) is 25.7 Å². The Kier molecular flexibility index (Phi) is 3.33. The second-order valence-electron chi connectivity index (χ2n) is 4.06. The maximum Gasteiger partial charge on any atom is 0.0596 e. The fourth-order valence-electron chi connectivity index (χ4n) is 1.90. The highest BCUT2D eigenvalue weighted by atomic mass is 32.2. The van der Waals surface area contributed by atoms with E-state index in [-0.39, 0.29) is 0 Å². The van der Waals surface area contributed by atoms with Crippen LogP contribution in [0.3, 0.4) is 0 Å². The first kappa shape index (κ1) is 9.60. The summed E-state index contributed by atoms with van der Waals surface area (Å²) >= 11 is 2.02. The molecule has 2 aliphatic rings. The molecule has 1 unspecified atom stereocenters. The number of thioether (sulfide) groups is 1. The van der Waals surface area contributed by atoms with Gasteiger partial charge in [0.15, 0.2) is 0 Å². The summed E-state index contributed by atoms with van der Waals surface area (Å²) in [5, 5.41) is 0.831. The number of rotatable bonds is 4. The lowest BCUT2D eigenvalue weighted by Crippen LogP contribution is -2.22. The summed E-state index contributed by atoms with van der Waals surface area (Å²) in [6.45, 7) is 4.84. The molecular formula is C11H18OS. The molecule has 1 nitrogen and oxygen atoms in total. The topological polar surface area (TPSA) is 9.23 Å². The summed E-state index contributed by atoms with van der Waals surface area (Å²) in [7, 11) is 0. The van der Waals surface area contributed by atoms with Crippen molar-refractivity contribution in [3.8, 4) is 0 Å². The minimum absolute atomic E-state index is 0.553. The van der Waals surface area contributed by atoms with Crippen LogP contribution in [0, 0.1) is 5.92 Å². The van der Waals surface area contributed by atoms with Crippen molar-refractivity contribution < 1.29 is 4.74 Å². The van der Waals surface area contributed by atoms with Crippen LogP contribution in [0.15, 0.2) is 12.7 Å². The van der Waals surface area contributed by atoms with E-state index in [1.54, 1.807) is 0 Å². The molecule has 1 saturated heterocycles. The lowest BCUT2D eigenvalue weighted by atomic mass is 9.87. The van der Waals surface area contributed by atoms with Gasteiger partial charge in [0.05, 0.1) is 12.7 Å². The second kappa shape index (κ2) is 4.52. The molecule has 2 rings (SSSR count). The normalized spacial score (nSPS) is 38.6. The van der Waals surface area contributed by atoms with E-state index in [9.17, 15) is 0 Å². The highest BCUT2D eigenvalue weighted by Crippen LogP contribution is 2.32. The Hall–Kier alpha value is 0.0500. The van der Waals surface area contributed by atoms with Gasteiger partial charge < -0.3 is 4.74 Å². The Balaban J connectivity index is 1.62. The van der Waals surface area contributed by atoms with Crippen molar-refractivity contribution in [2.75, 3.05) is 12.4 Å². The largest absolute Gasteiger partial charge is 0.377 e. The number of hydrogen-bond acceptors (Lipinski definition) is 2. The van der Waals surface area contributed by atoms with Gasteiger partial charge in [-0.3, -0.25) is 0 Å². The van der Waals surface area contributed by atoms with Crippen LogP contribution in [-0.2, 0) is 4.74 Å². The molecule has 1 heterocycles. The zero-order valence-corrected chi connectivity index (χ0v) is 8.89. The lowest BCUT2D eigenvalue weighted by Gasteiger charge is -2.26. The van der Waals surface area contributed by atoms with Crippen molar-refractivity contribution in [3.05, 3.63) is 12.7 Å². The zero-order chi connectivity index (χ0) is 9.10. The molecule has 0 radical (unpaired) electrons. The third-order valence-corrected chi connectivity index (χ3v) is 3.91. The van der Waals surface area contributed by atoms with Crippen LogP contribution in [0.4, 0.5) is 0 Å². The molecule has 0 aromatic rings. The molecule has 1 saturated carbocycles. The maximum absolute atomic E-state index is 5.84. The predicted molar refractivity (Wildman–Crippen MR) is 58.1 cm³/mol. The second-order valence-corrected chi connectivity index (χ2v) is 5.39. The summed E-state index contributed by atoms with van der Waals surface area (Å²) < 4.78 is 5.84. The van der Waals surface area contributed by atoms with Gasteiger partial charge in [0.1, 0.15) is 0 Å². The van der Waals surface area contributed by atoms with Crippen molar-refractivity contribution in [1.29, 1.82) is 0 Å². The van der Waals surface area contributed by atoms with Crippen molar-refractivity contribution in [2.45, 2.75) is 37.0 Å². The zero-order valence-electron chi connectivity index (χ0n) is 8.08. The smallest absolute Gasteiger partial charge is 0.0596 e. The Morgan fingerprint density at radius 3 is 2.54 bits per heavy atom. The summed E-state index contributed by atoms with van der Waals surface area (Å²) in [4.78, 5) is 0. The van der Waals surface area contributed by atoms with E-state index >= 15 is 0 Å². The van der Waals surface area contributed by atoms with E-state index in [1.165, 1.54) is 31.4 Å². The van der Waals surface area contributed by atoms with Gasteiger partial charge in [-0.05, 0) is 31.6 Å². The first-order chi connectivity index (χ1) is 6.38. The Morgan fingerprint density at radius 2 is 2.00 bits per heavy atom. The summed E-state index contributed by atoms with van der Waals surface area (Å²) in [6.07, 6.45) is 7.71. The molecule has 0 aromatic heterocycles. The van der Waals surface area contributed by atoms with E-state index in [1.807, 2.05) is 11.8 Å². The highest BCUT2D eigenvalue weighted by molar-refractivity contribution is 8.06. The molecular weight excluding hydrogens is 180 g/mol. The van der Waals surface area contributed by atoms with Crippen LogP contribution in [0.25, 0.3) is 0 Å². The molecule has 2 heteroatoms. The standard InChI is InChI=1S/C11H18OS/c1-2-9-3-5-10(6-4-9)12-7-11-8-13-11/h2,9-11H,1,3-8H2. The lowest BCUT2D eigenvalue weighted by molar-refractivity contribution is 0.0270. The quantitative estimate of drug-likeness (QED) is 0.507. The maximum atomic E-state index is 5.84. The molecule has 0 amide bonds. The first-order valence-electron chi connectivity index (χ1n) is 5.24. The third-order valence-electron chi connectivity index (χ3n) is 2.97. The van der Waals surface area contributed by atoms with Crippen LogP contribution in [0.5, 0.6) is 0 Å². The first-order valence-corrected chi connectivity index (χ1v) is 6.29. The van der Waals surface area contributed by atoms with Gasteiger partial charge in [-0.25, -0.2) is 0 Å². The molecule has 74 valence electrons. The third kappa shape index (κ3) is 3.03. The summed E-state index contributed by atoms with van der Waals surface area (Å²) in [5.74, 6) is 2.08. The Labute approximate surface area is 84.9 Å². The Morgan fingerprint density at radius 1 is 1.31 bits per heavy atom. The minimum atomic E-state index is 0.553. The number of allylic oxidation sites excluding steroid dienone is 1. The molecule has 0 bridgehead atoms. The fourth-order valence-corrected chi connectivity index (χ4v) is 2.31. The molecule has 0 aromatic carbocycles. The van der Waals surface area contributed by atoms with Gasteiger partial charge >= 0.3 is 0 Å². The van der Waals surface area contributed by atoms with Crippen LogP contribution >= 0.6 is 11.8 Å². The van der Waals surface area contributed by atoms with Crippen LogP contribution in [0.2, 0.25) is 0 Å². The van der Waals surface area contributed by atoms with Gasteiger partial charge in [-0.1, -0.05) is 6.08 Å². The monoisotopic (exact) mass is 198 g/mol. The summed E-state index contributed by atoms with van der Waals surface area (Å²) in [5.41, 5.74) is 0. The molecule has 2 fully saturated rings.